The lowest BCUT2D eigenvalue weighted by Crippen LogP contribution is -2.45. The molecule has 1 aliphatic heterocycles. The zero-order valence-electron chi connectivity index (χ0n) is 12.5. The highest BCUT2D eigenvalue weighted by Crippen LogP contribution is 2.15. The van der Waals surface area contributed by atoms with Crippen LogP contribution >= 0.6 is 0 Å². The van der Waals surface area contributed by atoms with Gasteiger partial charge in [-0.2, -0.15) is 0 Å². The molecule has 1 aliphatic rings. The molecule has 0 saturated carbocycles. The molecule has 2 nitrogen and oxygen atoms in total. The monoisotopic (exact) mass is 302 g/mol. The van der Waals surface area contributed by atoms with Crippen molar-refractivity contribution in [2.45, 2.75) is 13.1 Å². The molecule has 0 radical (unpaired) electrons. The maximum atomic E-state index is 13.7. The normalized spacial score (nSPS) is 16.8. The maximum Gasteiger partial charge on any atom is 0.163 e. The molecular weight excluding hydrogens is 282 g/mol. The number of nitrogens with zero attached hydrogens (tertiary/aromatic N) is 2. The summed E-state index contributed by atoms with van der Waals surface area (Å²) in [6.07, 6.45) is 0. The van der Waals surface area contributed by atoms with Crippen LogP contribution in [0.15, 0.2) is 48.5 Å². The van der Waals surface area contributed by atoms with E-state index in [9.17, 15) is 8.78 Å². The molecule has 0 amide bonds. The molecule has 22 heavy (non-hydrogen) atoms. The molecular formula is C18H20F2N2. The summed E-state index contributed by atoms with van der Waals surface area (Å²) in [5.41, 5.74) is 1.75. The van der Waals surface area contributed by atoms with Crippen LogP contribution in [0.5, 0.6) is 0 Å². The van der Waals surface area contributed by atoms with Crippen LogP contribution in [0.3, 0.4) is 0 Å². The first-order valence-corrected chi connectivity index (χ1v) is 7.64. The third-order valence-corrected chi connectivity index (χ3v) is 4.14. The molecule has 2 aromatic carbocycles. The van der Waals surface area contributed by atoms with Gasteiger partial charge in [-0.05, 0) is 11.6 Å². The Balaban J connectivity index is 1.52. The van der Waals surface area contributed by atoms with Gasteiger partial charge >= 0.3 is 0 Å². The molecule has 1 heterocycles. The molecule has 0 atom stereocenters. The van der Waals surface area contributed by atoms with E-state index in [0.29, 0.717) is 12.1 Å². The van der Waals surface area contributed by atoms with Crippen molar-refractivity contribution in [1.82, 2.24) is 9.80 Å². The maximum absolute atomic E-state index is 13.7. The topological polar surface area (TPSA) is 6.48 Å². The summed E-state index contributed by atoms with van der Waals surface area (Å²) in [4.78, 5) is 4.58. The minimum Gasteiger partial charge on any atom is -0.297 e. The van der Waals surface area contributed by atoms with E-state index in [1.165, 1.54) is 5.56 Å². The highest BCUT2D eigenvalue weighted by molar-refractivity contribution is 5.19. The van der Waals surface area contributed by atoms with Gasteiger partial charge in [0.1, 0.15) is 0 Å². The number of hydrogen-bond acceptors (Lipinski definition) is 2. The summed E-state index contributed by atoms with van der Waals surface area (Å²) in [6, 6.07) is 14.8. The van der Waals surface area contributed by atoms with Gasteiger partial charge in [-0.3, -0.25) is 9.80 Å². The zero-order valence-corrected chi connectivity index (χ0v) is 12.5. The molecule has 0 N–H and O–H groups in total. The van der Waals surface area contributed by atoms with Crippen LogP contribution in [-0.2, 0) is 13.1 Å². The van der Waals surface area contributed by atoms with Crippen molar-refractivity contribution in [1.29, 1.82) is 0 Å². The van der Waals surface area contributed by atoms with Gasteiger partial charge in [-0.15, -0.1) is 0 Å². The molecule has 0 bridgehead atoms. The van der Waals surface area contributed by atoms with Crippen LogP contribution < -0.4 is 0 Å². The number of rotatable bonds is 4. The Morgan fingerprint density at radius 2 is 1.36 bits per heavy atom. The molecule has 4 heteroatoms. The van der Waals surface area contributed by atoms with Gasteiger partial charge in [0.15, 0.2) is 11.6 Å². The number of hydrogen-bond donors (Lipinski definition) is 0. The second kappa shape index (κ2) is 6.99. The number of halogens is 2. The summed E-state index contributed by atoms with van der Waals surface area (Å²) >= 11 is 0. The van der Waals surface area contributed by atoms with E-state index in [-0.39, 0.29) is 0 Å². The Morgan fingerprint density at radius 3 is 2.05 bits per heavy atom. The molecule has 0 aromatic heterocycles. The van der Waals surface area contributed by atoms with E-state index in [1.54, 1.807) is 12.1 Å². The Labute approximate surface area is 130 Å². The van der Waals surface area contributed by atoms with Crippen LogP contribution in [0.25, 0.3) is 0 Å². The van der Waals surface area contributed by atoms with E-state index >= 15 is 0 Å². The van der Waals surface area contributed by atoms with Gasteiger partial charge in [0.25, 0.3) is 0 Å². The van der Waals surface area contributed by atoms with Crippen LogP contribution in [0.1, 0.15) is 11.1 Å². The molecule has 1 fully saturated rings. The fourth-order valence-electron chi connectivity index (χ4n) is 2.86. The number of piperazine rings is 1. The molecule has 0 aliphatic carbocycles. The summed E-state index contributed by atoms with van der Waals surface area (Å²) in [7, 11) is 0. The Kier molecular flexibility index (Phi) is 4.80. The fraction of sp³-hybridized carbons (Fsp3) is 0.333. The van der Waals surface area contributed by atoms with Crippen molar-refractivity contribution >= 4 is 0 Å². The fourth-order valence-corrected chi connectivity index (χ4v) is 2.86. The average Bonchev–Trinajstić information content (AvgIpc) is 2.55. The molecule has 116 valence electrons. The standard InChI is InChI=1S/C18H20F2N2/c19-17-8-4-7-16(18(17)20)14-22-11-9-21(10-12-22)13-15-5-2-1-3-6-15/h1-8H,9-14H2. The minimum absolute atomic E-state index is 0.441. The first-order chi connectivity index (χ1) is 10.7. The van der Waals surface area contributed by atoms with Crippen LogP contribution in [-0.4, -0.2) is 36.0 Å². The van der Waals surface area contributed by atoms with E-state index < -0.39 is 11.6 Å². The van der Waals surface area contributed by atoms with E-state index in [1.807, 2.05) is 6.07 Å². The van der Waals surface area contributed by atoms with E-state index in [2.05, 4.69) is 34.1 Å². The predicted molar refractivity (Wildman–Crippen MR) is 83.4 cm³/mol. The summed E-state index contributed by atoms with van der Waals surface area (Å²) < 4.78 is 26.9. The van der Waals surface area contributed by atoms with Crippen molar-refractivity contribution in [2.75, 3.05) is 26.2 Å². The first-order valence-electron chi connectivity index (χ1n) is 7.64. The Morgan fingerprint density at radius 1 is 0.727 bits per heavy atom. The first kappa shape index (κ1) is 15.1. The van der Waals surface area contributed by atoms with Crippen LogP contribution in [0.4, 0.5) is 8.78 Å². The summed E-state index contributed by atoms with van der Waals surface area (Å²) in [5, 5.41) is 0. The third-order valence-electron chi connectivity index (χ3n) is 4.14. The minimum atomic E-state index is -0.764. The smallest absolute Gasteiger partial charge is 0.163 e. The van der Waals surface area contributed by atoms with E-state index in [4.69, 9.17) is 0 Å². The quantitative estimate of drug-likeness (QED) is 0.855. The van der Waals surface area contributed by atoms with Gasteiger partial charge < -0.3 is 0 Å². The summed E-state index contributed by atoms with van der Waals surface area (Å²) in [6.45, 7) is 5.08. The lowest BCUT2D eigenvalue weighted by molar-refractivity contribution is 0.121. The van der Waals surface area contributed by atoms with Gasteiger partial charge in [-0.1, -0.05) is 42.5 Å². The SMILES string of the molecule is Fc1cccc(CN2CCN(Cc3ccccc3)CC2)c1F. The molecule has 1 saturated heterocycles. The van der Waals surface area contributed by atoms with Gasteiger partial charge in [-0.25, -0.2) is 8.78 Å². The molecule has 2 aromatic rings. The molecule has 0 spiro atoms. The van der Waals surface area contributed by atoms with Crippen LogP contribution in [0, 0.1) is 11.6 Å². The van der Waals surface area contributed by atoms with Crippen molar-refractivity contribution in [3.63, 3.8) is 0 Å². The van der Waals surface area contributed by atoms with Gasteiger partial charge in [0.2, 0.25) is 0 Å². The molecule has 3 rings (SSSR count). The Hall–Kier alpha value is -1.78. The number of benzene rings is 2. The highest BCUT2D eigenvalue weighted by atomic mass is 19.2. The van der Waals surface area contributed by atoms with Crippen molar-refractivity contribution < 1.29 is 8.78 Å². The molecule has 0 unspecified atom stereocenters. The van der Waals surface area contributed by atoms with Crippen molar-refractivity contribution in [3.8, 4) is 0 Å². The summed E-state index contributed by atoms with van der Waals surface area (Å²) in [5.74, 6) is -1.48. The zero-order chi connectivity index (χ0) is 15.4. The lowest BCUT2D eigenvalue weighted by atomic mass is 10.1. The Bertz CT molecular complexity index is 608. The third kappa shape index (κ3) is 3.70. The van der Waals surface area contributed by atoms with E-state index in [0.717, 1.165) is 38.8 Å². The van der Waals surface area contributed by atoms with Crippen LogP contribution in [0.2, 0.25) is 0 Å². The van der Waals surface area contributed by atoms with Crippen molar-refractivity contribution in [2.24, 2.45) is 0 Å². The lowest BCUT2D eigenvalue weighted by Gasteiger charge is -2.34. The largest absolute Gasteiger partial charge is 0.297 e. The van der Waals surface area contributed by atoms with Crippen molar-refractivity contribution in [3.05, 3.63) is 71.3 Å². The van der Waals surface area contributed by atoms with Gasteiger partial charge in [0, 0.05) is 44.8 Å². The second-order valence-electron chi connectivity index (χ2n) is 5.75. The predicted octanol–water partition coefficient (Wildman–Crippen LogP) is 3.28. The van der Waals surface area contributed by atoms with Gasteiger partial charge in [0.05, 0.1) is 0 Å². The average molecular weight is 302 g/mol. The highest BCUT2D eigenvalue weighted by Gasteiger charge is 2.18. The second-order valence-corrected chi connectivity index (χ2v) is 5.75.